The van der Waals surface area contributed by atoms with Crippen molar-refractivity contribution in [2.45, 2.75) is 12.8 Å². The van der Waals surface area contributed by atoms with Gasteiger partial charge in [0.1, 0.15) is 0 Å². The van der Waals surface area contributed by atoms with Crippen LogP contribution >= 0.6 is 12.4 Å². The molecule has 88 valence electrons. The van der Waals surface area contributed by atoms with Gasteiger partial charge in [0.15, 0.2) is 11.6 Å². The molecule has 0 saturated carbocycles. The molecular formula is C6H12ClN9. The van der Waals surface area contributed by atoms with Gasteiger partial charge >= 0.3 is 0 Å². The molecule has 0 fully saturated rings. The minimum absolute atomic E-state index is 0. The van der Waals surface area contributed by atoms with Crippen molar-refractivity contribution in [1.29, 1.82) is 0 Å². The average Bonchev–Trinajstić information content (AvgIpc) is 2.88. The number of rotatable bonds is 6. The van der Waals surface area contributed by atoms with Crippen molar-refractivity contribution < 1.29 is 0 Å². The molecule has 9 nitrogen and oxygen atoms in total. The number of nitrogens with one attached hydrogen (secondary N) is 3. The predicted octanol–water partition coefficient (Wildman–Crippen LogP) is -1.49. The Bertz CT molecular complexity index is 321. The zero-order chi connectivity index (χ0) is 10.3. The number of aromatic nitrogens is 8. The number of aromatic amines is 2. The maximum absolute atomic E-state index is 3.84. The normalized spacial score (nSPS) is 10.0. The molecule has 0 aromatic carbocycles. The number of tetrazole rings is 2. The van der Waals surface area contributed by atoms with Crippen LogP contribution in [0.1, 0.15) is 11.6 Å². The van der Waals surface area contributed by atoms with Crippen LogP contribution in [0.5, 0.6) is 0 Å². The number of halogens is 1. The summed E-state index contributed by atoms with van der Waals surface area (Å²) in [5.41, 5.74) is 0. The molecule has 0 unspecified atom stereocenters. The second-order valence-corrected chi connectivity index (χ2v) is 2.91. The van der Waals surface area contributed by atoms with Gasteiger partial charge in [-0.3, -0.25) is 0 Å². The van der Waals surface area contributed by atoms with E-state index in [1.54, 1.807) is 0 Å². The van der Waals surface area contributed by atoms with Crippen LogP contribution in [0, 0.1) is 0 Å². The van der Waals surface area contributed by atoms with Gasteiger partial charge in [0.25, 0.3) is 0 Å². The summed E-state index contributed by atoms with van der Waals surface area (Å²) in [6.07, 6.45) is 1.51. The smallest absolute Gasteiger partial charge is 0.175 e. The Morgan fingerprint density at radius 3 is 1.75 bits per heavy atom. The second kappa shape index (κ2) is 6.80. The van der Waals surface area contributed by atoms with Gasteiger partial charge in [0, 0.05) is 25.9 Å². The highest BCUT2D eigenvalue weighted by Crippen LogP contribution is 1.85. The van der Waals surface area contributed by atoms with Crippen LogP contribution in [0.25, 0.3) is 0 Å². The maximum atomic E-state index is 3.84. The van der Waals surface area contributed by atoms with E-state index in [-0.39, 0.29) is 12.4 Å². The monoisotopic (exact) mass is 245 g/mol. The second-order valence-electron chi connectivity index (χ2n) is 2.91. The van der Waals surface area contributed by atoms with Crippen LogP contribution in [0.2, 0.25) is 0 Å². The van der Waals surface area contributed by atoms with Gasteiger partial charge in [0.05, 0.1) is 0 Å². The summed E-state index contributed by atoms with van der Waals surface area (Å²) in [6, 6.07) is 0. The first-order valence-corrected chi connectivity index (χ1v) is 4.60. The van der Waals surface area contributed by atoms with Gasteiger partial charge in [-0.1, -0.05) is 10.4 Å². The van der Waals surface area contributed by atoms with Gasteiger partial charge in [-0.05, 0) is 0 Å². The van der Waals surface area contributed by atoms with Crippen LogP contribution in [0.4, 0.5) is 0 Å². The highest BCUT2D eigenvalue weighted by molar-refractivity contribution is 5.85. The van der Waals surface area contributed by atoms with E-state index in [1.165, 1.54) is 0 Å². The third-order valence-corrected chi connectivity index (χ3v) is 1.83. The topological polar surface area (TPSA) is 121 Å². The molecule has 0 aliphatic heterocycles. The molecule has 0 bridgehead atoms. The summed E-state index contributed by atoms with van der Waals surface area (Å²) in [5.74, 6) is 1.42. The lowest BCUT2D eigenvalue weighted by molar-refractivity contribution is 0.655. The molecule has 2 aromatic heterocycles. The molecule has 0 radical (unpaired) electrons. The highest BCUT2D eigenvalue weighted by Gasteiger charge is 1.99. The van der Waals surface area contributed by atoms with E-state index in [1.807, 2.05) is 0 Å². The zero-order valence-electron chi connectivity index (χ0n) is 8.42. The number of hydrogen-bond acceptors (Lipinski definition) is 7. The summed E-state index contributed by atoms with van der Waals surface area (Å²) in [6.45, 7) is 1.61. The molecular weight excluding hydrogens is 234 g/mol. The Hall–Kier alpha value is -1.61. The van der Waals surface area contributed by atoms with E-state index >= 15 is 0 Å². The Morgan fingerprint density at radius 1 is 0.875 bits per heavy atom. The van der Waals surface area contributed by atoms with Crippen molar-refractivity contribution in [1.82, 2.24) is 46.6 Å². The summed E-state index contributed by atoms with van der Waals surface area (Å²) in [5, 5.41) is 30.3. The van der Waals surface area contributed by atoms with Crippen molar-refractivity contribution in [2.24, 2.45) is 0 Å². The van der Waals surface area contributed by atoms with Gasteiger partial charge in [-0.2, -0.15) is 10.4 Å². The number of nitrogens with zero attached hydrogens (tertiary/aromatic N) is 6. The third-order valence-electron chi connectivity index (χ3n) is 1.83. The van der Waals surface area contributed by atoms with E-state index in [0.29, 0.717) is 11.6 Å². The fraction of sp³-hybridized carbons (Fsp3) is 0.667. The minimum Gasteiger partial charge on any atom is -0.316 e. The molecule has 0 aliphatic carbocycles. The van der Waals surface area contributed by atoms with E-state index in [4.69, 9.17) is 0 Å². The lowest BCUT2D eigenvalue weighted by Gasteiger charge is -1.99. The fourth-order valence-electron chi connectivity index (χ4n) is 1.10. The van der Waals surface area contributed by atoms with Crippen molar-refractivity contribution in [3.05, 3.63) is 11.6 Å². The molecule has 3 N–H and O–H groups in total. The van der Waals surface area contributed by atoms with Crippen LogP contribution in [0.15, 0.2) is 0 Å². The maximum Gasteiger partial charge on any atom is 0.175 e. The van der Waals surface area contributed by atoms with E-state index in [2.05, 4.69) is 46.6 Å². The zero-order valence-corrected chi connectivity index (χ0v) is 9.24. The standard InChI is InChI=1S/C6H11N9.ClH/c1(5-8-12-13-9-5)3-7-4-2-6-10-14-15-11-6;/h7H,1-4H2,(H,8,9,12,13)(H,10,11,14,15);1H. The first kappa shape index (κ1) is 12.5. The Labute approximate surface area is 97.2 Å². The first-order chi connectivity index (χ1) is 7.45. The molecule has 2 aromatic rings. The Kier molecular flexibility index (Phi) is 5.29. The molecule has 2 heterocycles. The summed E-state index contributed by atoms with van der Waals surface area (Å²) in [4.78, 5) is 0. The van der Waals surface area contributed by atoms with Crippen molar-refractivity contribution in [3.63, 3.8) is 0 Å². The first-order valence-electron chi connectivity index (χ1n) is 4.60. The number of H-pyrrole nitrogens is 2. The van der Waals surface area contributed by atoms with Gasteiger partial charge in [0.2, 0.25) is 0 Å². The van der Waals surface area contributed by atoms with Gasteiger partial charge < -0.3 is 5.32 Å². The molecule has 0 amide bonds. The van der Waals surface area contributed by atoms with E-state index < -0.39 is 0 Å². The lowest BCUT2D eigenvalue weighted by Crippen LogP contribution is -2.21. The predicted molar refractivity (Wildman–Crippen MR) is 55.9 cm³/mol. The summed E-state index contributed by atoms with van der Waals surface area (Å²) >= 11 is 0. The van der Waals surface area contributed by atoms with Crippen LogP contribution in [-0.4, -0.2) is 54.3 Å². The van der Waals surface area contributed by atoms with Gasteiger partial charge in [-0.25, -0.2) is 0 Å². The van der Waals surface area contributed by atoms with Crippen LogP contribution < -0.4 is 5.32 Å². The summed E-state index contributed by atoms with van der Waals surface area (Å²) in [7, 11) is 0. The third kappa shape index (κ3) is 3.87. The molecule has 0 aliphatic rings. The number of hydrogen-bond donors (Lipinski definition) is 3. The average molecular weight is 246 g/mol. The fourth-order valence-corrected chi connectivity index (χ4v) is 1.10. The molecule has 10 heteroatoms. The van der Waals surface area contributed by atoms with Crippen molar-refractivity contribution >= 4 is 12.4 Å². The van der Waals surface area contributed by atoms with Gasteiger partial charge in [-0.15, -0.1) is 32.8 Å². The quantitative estimate of drug-likeness (QED) is 0.530. The lowest BCUT2D eigenvalue weighted by atomic mass is 10.3. The highest BCUT2D eigenvalue weighted by atomic mass is 35.5. The largest absolute Gasteiger partial charge is 0.316 e. The Morgan fingerprint density at radius 2 is 1.38 bits per heavy atom. The molecule has 0 saturated heterocycles. The molecule has 2 rings (SSSR count). The van der Waals surface area contributed by atoms with E-state index in [0.717, 1.165) is 25.9 Å². The Balaban J connectivity index is 0.00000128. The minimum atomic E-state index is 0. The van der Waals surface area contributed by atoms with E-state index in [9.17, 15) is 0 Å². The molecule has 16 heavy (non-hydrogen) atoms. The van der Waals surface area contributed by atoms with Crippen LogP contribution in [-0.2, 0) is 12.8 Å². The molecule has 0 atom stereocenters. The van der Waals surface area contributed by atoms with Crippen LogP contribution in [0.3, 0.4) is 0 Å². The molecule has 0 spiro atoms. The SMILES string of the molecule is C(Cc1nn[nH]n1)NCCc1nn[nH]n1.Cl. The summed E-state index contributed by atoms with van der Waals surface area (Å²) < 4.78 is 0. The van der Waals surface area contributed by atoms with Crippen molar-refractivity contribution in [3.8, 4) is 0 Å². The van der Waals surface area contributed by atoms with Crippen molar-refractivity contribution in [2.75, 3.05) is 13.1 Å².